The molecule has 18 heavy (non-hydrogen) atoms. The number of nitrogen functional groups attached to an aromatic ring is 1. The molecule has 1 atom stereocenters. The van der Waals surface area contributed by atoms with Gasteiger partial charge >= 0.3 is 0 Å². The van der Waals surface area contributed by atoms with Gasteiger partial charge in [-0.15, -0.1) is 0 Å². The fourth-order valence-corrected chi connectivity index (χ4v) is 2.70. The second-order valence-electron chi connectivity index (χ2n) is 4.55. The smallest absolute Gasteiger partial charge is 0.222 e. The summed E-state index contributed by atoms with van der Waals surface area (Å²) < 4.78 is 0. The number of fused-ring (bicyclic) bond motifs is 1. The molecule has 0 spiro atoms. The Balaban J connectivity index is 2.09. The molecule has 0 amide bonds. The van der Waals surface area contributed by atoms with Gasteiger partial charge in [0, 0.05) is 18.5 Å². The Kier molecular flexibility index (Phi) is 2.63. The Hall–Kier alpha value is -2.10. The highest BCUT2D eigenvalue weighted by atomic mass is 15.1. The summed E-state index contributed by atoms with van der Waals surface area (Å²) in [7, 11) is 1.87. The topological polar surface area (TPSA) is 63.8 Å². The van der Waals surface area contributed by atoms with E-state index >= 15 is 0 Å². The normalized spacial score (nSPS) is 17.5. The van der Waals surface area contributed by atoms with Gasteiger partial charge in [-0.25, -0.2) is 4.98 Å². The summed E-state index contributed by atoms with van der Waals surface area (Å²) >= 11 is 0. The van der Waals surface area contributed by atoms with E-state index in [1.165, 1.54) is 11.1 Å². The van der Waals surface area contributed by atoms with Crippen LogP contribution in [0.2, 0.25) is 0 Å². The van der Waals surface area contributed by atoms with Crippen LogP contribution in [-0.4, -0.2) is 17.0 Å². The number of hydrogen-bond donors (Lipinski definition) is 2. The predicted molar refractivity (Wildman–Crippen MR) is 72.6 cm³/mol. The van der Waals surface area contributed by atoms with E-state index < -0.39 is 0 Å². The predicted octanol–water partition coefficient (Wildman–Crippen LogP) is 2.18. The molecule has 1 aliphatic carbocycles. The zero-order valence-corrected chi connectivity index (χ0v) is 10.4. The van der Waals surface area contributed by atoms with E-state index in [2.05, 4.69) is 39.6 Å². The van der Waals surface area contributed by atoms with Gasteiger partial charge in [-0.2, -0.15) is 4.98 Å². The highest BCUT2D eigenvalue weighted by Crippen LogP contribution is 2.39. The third kappa shape index (κ3) is 1.70. The Morgan fingerprint density at radius 2 is 2.00 bits per heavy atom. The average molecular weight is 240 g/mol. The minimum absolute atomic E-state index is 0.346. The molecule has 0 fully saturated rings. The molecule has 1 aromatic heterocycles. The van der Waals surface area contributed by atoms with Gasteiger partial charge in [-0.1, -0.05) is 30.3 Å². The van der Waals surface area contributed by atoms with Gasteiger partial charge in [0.25, 0.3) is 0 Å². The van der Waals surface area contributed by atoms with E-state index in [0.29, 0.717) is 11.9 Å². The van der Waals surface area contributed by atoms with E-state index in [0.717, 1.165) is 24.4 Å². The largest absolute Gasteiger partial charge is 0.373 e. The summed E-state index contributed by atoms with van der Waals surface area (Å²) in [5, 5.41) is 3.11. The summed E-state index contributed by atoms with van der Waals surface area (Å²) in [6.07, 6.45) is 2.08. The number of nitrogens with two attached hydrogens (primary N) is 1. The van der Waals surface area contributed by atoms with Crippen LogP contribution in [0.4, 0.5) is 11.8 Å². The first-order valence-electron chi connectivity index (χ1n) is 6.18. The zero-order valence-electron chi connectivity index (χ0n) is 10.4. The van der Waals surface area contributed by atoms with Gasteiger partial charge in [0.1, 0.15) is 5.82 Å². The Morgan fingerprint density at radius 1 is 1.22 bits per heavy atom. The van der Waals surface area contributed by atoms with Crippen LogP contribution in [0.1, 0.15) is 29.2 Å². The van der Waals surface area contributed by atoms with E-state index in [1.807, 2.05) is 13.1 Å². The lowest BCUT2D eigenvalue weighted by atomic mass is 9.97. The molecule has 0 saturated heterocycles. The maximum Gasteiger partial charge on any atom is 0.222 e. The second-order valence-corrected chi connectivity index (χ2v) is 4.55. The lowest BCUT2D eigenvalue weighted by Gasteiger charge is -2.12. The van der Waals surface area contributed by atoms with Gasteiger partial charge in [-0.3, -0.25) is 0 Å². The molecule has 0 saturated carbocycles. The summed E-state index contributed by atoms with van der Waals surface area (Å²) in [5.74, 6) is 1.57. The lowest BCUT2D eigenvalue weighted by molar-refractivity contribution is 0.772. The molecule has 0 aliphatic heterocycles. The molecule has 1 heterocycles. The third-order valence-corrected chi connectivity index (χ3v) is 3.51. The molecular weight excluding hydrogens is 224 g/mol. The average Bonchev–Trinajstić information content (AvgIpc) is 2.82. The molecule has 2 aromatic rings. The zero-order chi connectivity index (χ0) is 12.5. The van der Waals surface area contributed by atoms with Gasteiger partial charge in [0.05, 0.1) is 5.69 Å². The van der Waals surface area contributed by atoms with Crippen molar-refractivity contribution in [2.75, 3.05) is 18.1 Å². The monoisotopic (exact) mass is 240 g/mol. The first-order valence-corrected chi connectivity index (χ1v) is 6.18. The van der Waals surface area contributed by atoms with Crippen LogP contribution < -0.4 is 11.1 Å². The minimum Gasteiger partial charge on any atom is -0.373 e. The molecule has 0 radical (unpaired) electrons. The molecule has 1 aliphatic rings. The van der Waals surface area contributed by atoms with Crippen molar-refractivity contribution in [1.29, 1.82) is 0 Å². The number of nitrogens with one attached hydrogen (secondary N) is 1. The molecule has 3 rings (SSSR count). The van der Waals surface area contributed by atoms with Crippen LogP contribution in [-0.2, 0) is 6.42 Å². The van der Waals surface area contributed by atoms with E-state index in [1.54, 1.807) is 0 Å². The van der Waals surface area contributed by atoms with E-state index in [9.17, 15) is 0 Å². The fraction of sp³-hybridized carbons (Fsp3) is 0.286. The molecule has 0 bridgehead atoms. The van der Waals surface area contributed by atoms with Crippen LogP contribution in [0, 0.1) is 0 Å². The number of hydrogen-bond acceptors (Lipinski definition) is 4. The summed E-state index contributed by atoms with van der Waals surface area (Å²) in [5.41, 5.74) is 9.38. The van der Waals surface area contributed by atoms with Crippen molar-refractivity contribution in [3.8, 4) is 0 Å². The van der Waals surface area contributed by atoms with Crippen molar-refractivity contribution in [2.24, 2.45) is 0 Å². The van der Waals surface area contributed by atoms with E-state index in [-0.39, 0.29) is 0 Å². The second kappa shape index (κ2) is 4.29. The van der Waals surface area contributed by atoms with Crippen molar-refractivity contribution < 1.29 is 0 Å². The number of anilines is 2. The fourth-order valence-electron chi connectivity index (χ4n) is 2.70. The Morgan fingerprint density at radius 3 is 2.72 bits per heavy atom. The van der Waals surface area contributed by atoms with Crippen molar-refractivity contribution in [1.82, 2.24) is 9.97 Å². The SMILES string of the molecule is CNc1nc(N)nc2c1CCC2c1ccccc1. The lowest BCUT2D eigenvalue weighted by Crippen LogP contribution is -2.07. The molecule has 3 N–H and O–H groups in total. The third-order valence-electron chi connectivity index (χ3n) is 3.51. The first-order chi connectivity index (χ1) is 8.79. The highest BCUT2D eigenvalue weighted by molar-refractivity contribution is 5.54. The standard InChI is InChI=1S/C14H16N4/c1-16-13-11-8-7-10(9-5-3-2-4-6-9)12(11)17-14(15)18-13/h2-6,10H,7-8H2,1H3,(H3,15,16,17,18). The minimum atomic E-state index is 0.346. The molecule has 1 aromatic carbocycles. The summed E-state index contributed by atoms with van der Waals surface area (Å²) in [6.45, 7) is 0. The maximum absolute atomic E-state index is 5.79. The number of benzene rings is 1. The van der Waals surface area contributed by atoms with Gasteiger partial charge < -0.3 is 11.1 Å². The van der Waals surface area contributed by atoms with Crippen LogP contribution in [0.3, 0.4) is 0 Å². The molecule has 4 heteroatoms. The summed E-state index contributed by atoms with van der Waals surface area (Å²) in [6, 6.07) is 10.5. The van der Waals surface area contributed by atoms with Gasteiger partial charge in [0.2, 0.25) is 5.95 Å². The van der Waals surface area contributed by atoms with E-state index in [4.69, 9.17) is 5.73 Å². The molecule has 1 unspecified atom stereocenters. The van der Waals surface area contributed by atoms with Crippen LogP contribution in [0.25, 0.3) is 0 Å². The molecular formula is C14H16N4. The quantitative estimate of drug-likeness (QED) is 0.844. The number of nitrogens with zero attached hydrogens (tertiary/aromatic N) is 2. The number of aromatic nitrogens is 2. The number of rotatable bonds is 2. The highest BCUT2D eigenvalue weighted by Gasteiger charge is 2.28. The molecule has 92 valence electrons. The van der Waals surface area contributed by atoms with Crippen molar-refractivity contribution in [3.05, 3.63) is 47.2 Å². The van der Waals surface area contributed by atoms with Crippen LogP contribution in [0.5, 0.6) is 0 Å². The first kappa shape index (κ1) is 11.0. The summed E-state index contributed by atoms with van der Waals surface area (Å²) in [4.78, 5) is 8.69. The maximum atomic E-state index is 5.79. The van der Waals surface area contributed by atoms with Crippen molar-refractivity contribution >= 4 is 11.8 Å². The van der Waals surface area contributed by atoms with Crippen LogP contribution >= 0.6 is 0 Å². The van der Waals surface area contributed by atoms with Crippen molar-refractivity contribution in [3.63, 3.8) is 0 Å². The van der Waals surface area contributed by atoms with Crippen molar-refractivity contribution in [2.45, 2.75) is 18.8 Å². The van der Waals surface area contributed by atoms with Gasteiger partial charge in [-0.05, 0) is 18.4 Å². The Labute approximate surface area is 106 Å². The van der Waals surface area contributed by atoms with Crippen LogP contribution in [0.15, 0.2) is 30.3 Å². The Bertz CT molecular complexity index is 566. The van der Waals surface area contributed by atoms with Gasteiger partial charge in [0.15, 0.2) is 0 Å². The molecule has 4 nitrogen and oxygen atoms in total.